The summed E-state index contributed by atoms with van der Waals surface area (Å²) in [5, 5.41) is 13.3. The third-order valence-electron chi connectivity index (χ3n) is 2.87. The Balaban J connectivity index is 2.62. The number of hydrogen-bond acceptors (Lipinski definition) is 3. The number of rotatable bonds is 3. The molecular weight excluding hydrogens is 268 g/mol. The highest BCUT2D eigenvalue weighted by molar-refractivity contribution is 6.34. The number of aromatic carboxylic acids is 1. The third-order valence-corrected chi connectivity index (χ3v) is 3.25. The summed E-state index contributed by atoms with van der Waals surface area (Å²) < 4.78 is 6.74. The Morgan fingerprint density at radius 2 is 2.16 bits per heavy atom. The van der Waals surface area contributed by atoms with Crippen molar-refractivity contribution < 1.29 is 14.6 Å². The number of aryl methyl sites for hydroxylation is 2. The molecule has 1 heterocycles. The van der Waals surface area contributed by atoms with Crippen LogP contribution in [0.15, 0.2) is 18.2 Å². The zero-order valence-corrected chi connectivity index (χ0v) is 11.5. The Hall–Kier alpha value is -2.01. The van der Waals surface area contributed by atoms with Gasteiger partial charge in [-0.15, -0.1) is 0 Å². The second-order valence-corrected chi connectivity index (χ2v) is 4.50. The Kier molecular flexibility index (Phi) is 3.48. The molecule has 2 aromatic rings. The van der Waals surface area contributed by atoms with Crippen molar-refractivity contribution in [3.05, 3.63) is 34.5 Å². The van der Waals surface area contributed by atoms with Gasteiger partial charge < -0.3 is 9.84 Å². The molecule has 0 radical (unpaired) electrons. The predicted octanol–water partition coefficient (Wildman–Crippen LogP) is 2.76. The first-order valence-corrected chi connectivity index (χ1v) is 5.94. The smallest absolute Gasteiger partial charge is 0.356 e. The van der Waals surface area contributed by atoms with Gasteiger partial charge >= 0.3 is 5.97 Å². The van der Waals surface area contributed by atoms with Crippen molar-refractivity contribution in [2.75, 3.05) is 7.11 Å². The average molecular weight is 281 g/mol. The van der Waals surface area contributed by atoms with E-state index in [1.165, 1.54) is 10.7 Å². The number of carboxylic acid groups (broad SMARTS) is 1. The van der Waals surface area contributed by atoms with Crippen LogP contribution in [0.25, 0.3) is 11.3 Å². The van der Waals surface area contributed by atoms with Gasteiger partial charge in [0.15, 0.2) is 5.69 Å². The van der Waals surface area contributed by atoms with E-state index in [0.717, 1.165) is 5.56 Å². The molecule has 0 unspecified atom stereocenters. The zero-order valence-electron chi connectivity index (χ0n) is 10.8. The molecule has 0 aliphatic rings. The van der Waals surface area contributed by atoms with E-state index in [2.05, 4.69) is 5.10 Å². The van der Waals surface area contributed by atoms with Crippen LogP contribution in [0.1, 0.15) is 16.1 Å². The van der Waals surface area contributed by atoms with Gasteiger partial charge in [0.2, 0.25) is 0 Å². The first-order chi connectivity index (χ1) is 8.95. The maximum Gasteiger partial charge on any atom is 0.356 e. The van der Waals surface area contributed by atoms with Gasteiger partial charge in [0.1, 0.15) is 5.75 Å². The van der Waals surface area contributed by atoms with E-state index in [0.29, 0.717) is 22.0 Å². The molecule has 0 fully saturated rings. The number of ether oxygens (including phenoxy) is 1. The fourth-order valence-corrected chi connectivity index (χ4v) is 2.31. The van der Waals surface area contributed by atoms with E-state index in [4.69, 9.17) is 21.4 Å². The van der Waals surface area contributed by atoms with Crippen molar-refractivity contribution in [2.45, 2.75) is 6.92 Å². The van der Waals surface area contributed by atoms with Crippen LogP contribution >= 0.6 is 11.6 Å². The van der Waals surface area contributed by atoms with Crippen LogP contribution in [-0.4, -0.2) is 28.0 Å². The SMILES string of the molecule is COc1c(C)ccc(-c2cc(C(=O)O)nn2C)c1Cl. The van der Waals surface area contributed by atoms with E-state index < -0.39 is 5.97 Å². The van der Waals surface area contributed by atoms with E-state index in [1.54, 1.807) is 14.2 Å². The Morgan fingerprint density at radius 1 is 1.47 bits per heavy atom. The molecule has 0 aliphatic heterocycles. The molecular formula is C13H13ClN2O3. The van der Waals surface area contributed by atoms with Gasteiger partial charge in [-0.25, -0.2) is 4.79 Å². The van der Waals surface area contributed by atoms with Crippen molar-refractivity contribution in [3.8, 4) is 17.0 Å². The first kappa shape index (κ1) is 13.4. The lowest BCUT2D eigenvalue weighted by Crippen LogP contribution is -1.99. The van der Waals surface area contributed by atoms with Gasteiger partial charge in [-0.1, -0.05) is 23.7 Å². The quantitative estimate of drug-likeness (QED) is 0.939. The van der Waals surface area contributed by atoms with Crippen LogP contribution < -0.4 is 4.74 Å². The number of benzene rings is 1. The van der Waals surface area contributed by atoms with Gasteiger partial charge in [-0.2, -0.15) is 5.10 Å². The van der Waals surface area contributed by atoms with E-state index in [1.807, 2.05) is 19.1 Å². The molecule has 0 spiro atoms. The predicted molar refractivity (Wildman–Crippen MR) is 71.9 cm³/mol. The normalized spacial score (nSPS) is 10.5. The molecule has 1 aromatic carbocycles. The molecule has 100 valence electrons. The second-order valence-electron chi connectivity index (χ2n) is 4.12. The monoisotopic (exact) mass is 280 g/mol. The summed E-state index contributed by atoms with van der Waals surface area (Å²) in [6.07, 6.45) is 0. The number of nitrogens with zero attached hydrogens (tertiary/aromatic N) is 2. The van der Waals surface area contributed by atoms with Crippen molar-refractivity contribution >= 4 is 17.6 Å². The molecule has 2 rings (SSSR count). The molecule has 0 atom stereocenters. The lowest BCUT2D eigenvalue weighted by molar-refractivity contribution is 0.0689. The number of carbonyl (C=O) groups is 1. The highest BCUT2D eigenvalue weighted by Crippen LogP contribution is 2.37. The Labute approximate surface area is 115 Å². The lowest BCUT2D eigenvalue weighted by Gasteiger charge is -2.11. The zero-order chi connectivity index (χ0) is 14.2. The summed E-state index contributed by atoms with van der Waals surface area (Å²) in [7, 11) is 3.22. The van der Waals surface area contributed by atoms with Gasteiger partial charge in [0, 0.05) is 12.6 Å². The van der Waals surface area contributed by atoms with Crippen LogP contribution in [0.2, 0.25) is 5.02 Å². The molecule has 0 bridgehead atoms. The van der Waals surface area contributed by atoms with Gasteiger partial charge in [0.05, 0.1) is 17.8 Å². The molecule has 19 heavy (non-hydrogen) atoms. The summed E-state index contributed by atoms with van der Waals surface area (Å²) in [4.78, 5) is 10.9. The minimum absolute atomic E-state index is 0.0203. The molecule has 1 N–H and O–H groups in total. The summed E-state index contributed by atoms with van der Waals surface area (Å²) >= 11 is 6.30. The fraction of sp³-hybridized carbons (Fsp3) is 0.231. The molecule has 1 aromatic heterocycles. The van der Waals surface area contributed by atoms with Gasteiger partial charge in [-0.05, 0) is 18.6 Å². The maximum absolute atomic E-state index is 10.9. The number of halogens is 1. The molecule has 0 amide bonds. The summed E-state index contributed by atoms with van der Waals surface area (Å²) in [5.74, 6) is -0.491. The highest BCUT2D eigenvalue weighted by Gasteiger charge is 2.17. The molecule has 6 heteroatoms. The van der Waals surface area contributed by atoms with Crippen LogP contribution in [0.5, 0.6) is 5.75 Å². The molecule has 0 saturated heterocycles. The standard InChI is InChI=1S/C13H13ClN2O3/c1-7-4-5-8(11(14)12(7)19-3)10-6-9(13(17)18)15-16(10)2/h4-6H,1-3H3,(H,17,18). The van der Waals surface area contributed by atoms with Crippen LogP contribution in [-0.2, 0) is 7.05 Å². The van der Waals surface area contributed by atoms with Crippen molar-refractivity contribution in [3.63, 3.8) is 0 Å². The van der Waals surface area contributed by atoms with Crippen LogP contribution in [0.3, 0.4) is 0 Å². The third kappa shape index (κ3) is 2.29. The van der Waals surface area contributed by atoms with E-state index in [9.17, 15) is 4.79 Å². The second kappa shape index (κ2) is 4.93. The van der Waals surface area contributed by atoms with Crippen molar-refractivity contribution in [1.29, 1.82) is 0 Å². The van der Waals surface area contributed by atoms with Gasteiger partial charge in [0.25, 0.3) is 0 Å². The summed E-state index contributed by atoms with van der Waals surface area (Å²) in [5.41, 5.74) is 2.21. The average Bonchev–Trinajstić information content (AvgIpc) is 2.72. The molecule has 5 nitrogen and oxygen atoms in total. The van der Waals surface area contributed by atoms with Gasteiger partial charge in [-0.3, -0.25) is 4.68 Å². The Morgan fingerprint density at radius 3 is 2.68 bits per heavy atom. The maximum atomic E-state index is 10.9. The van der Waals surface area contributed by atoms with E-state index >= 15 is 0 Å². The molecule has 0 aliphatic carbocycles. The number of aromatic nitrogens is 2. The van der Waals surface area contributed by atoms with Crippen molar-refractivity contribution in [1.82, 2.24) is 9.78 Å². The lowest BCUT2D eigenvalue weighted by atomic mass is 10.1. The fourth-order valence-electron chi connectivity index (χ4n) is 1.92. The summed E-state index contributed by atoms with van der Waals surface area (Å²) in [6, 6.07) is 5.18. The minimum Gasteiger partial charge on any atom is -0.495 e. The first-order valence-electron chi connectivity index (χ1n) is 5.56. The van der Waals surface area contributed by atoms with Crippen LogP contribution in [0, 0.1) is 6.92 Å². The number of carboxylic acids is 1. The Bertz CT molecular complexity index is 650. The number of methoxy groups -OCH3 is 1. The van der Waals surface area contributed by atoms with E-state index in [-0.39, 0.29) is 5.69 Å². The number of hydrogen-bond donors (Lipinski definition) is 1. The molecule has 0 saturated carbocycles. The topological polar surface area (TPSA) is 64.3 Å². The van der Waals surface area contributed by atoms with Crippen LogP contribution in [0.4, 0.5) is 0 Å². The highest BCUT2D eigenvalue weighted by atomic mass is 35.5. The minimum atomic E-state index is -1.07. The summed E-state index contributed by atoms with van der Waals surface area (Å²) in [6.45, 7) is 1.89. The van der Waals surface area contributed by atoms with Crippen molar-refractivity contribution in [2.24, 2.45) is 7.05 Å². The largest absolute Gasteiger partial charge is 0.495 e.